The number of carbonyl (C=O) groups excluding carboxylic acids is 1. The van der Waals surface area contributed by atoms with Crippen LogP contribution in [-0.4, -0.2) is 49.5 Å². The van der Waals surface area contributed by atoms with Crippen molar-refractivity contribution in [3.05, 3.63) is 71.3 Å². The van der Waals surface area contributed by atoms with Gasteiger partial charge in [-0.2, -0.15) is 0 Å². The maximum Gasteiger partial charge on any atom is 0.223 e. The summed E-state index contributed by atoms with van der Waals surface area (Å²) in [5.41, 5.74) is 3.88. The molecule has 1 aliphatic rings. The third-order valence-corrected chi connectivity index (χ3v) is 5.49. The SMILES string of the molecule is CCNC(=NCC1CC(=O)N(CCc2ccccc2)C1)NCCc1ccc(C)cc1.I. The molecule has 3 rings (SSSR count). The van der Waals surface area contributed by atoms with Crippen molar-refractivity contribution in [2.75, 3.05) is 32.7 Å². The van der Waals surface area contributed by atoms with E-state index in [-0.39, 0.29) is 29.9 Å². The normalized spacial score (nSPS) is 16.2. The van der Waals surface area contributed by atoms with Gasteiger partial charge >= 0.3 is 0 Å². The van der Waals surface area contributed by atoms with Crippen molar-refractivity contribution < 1.29 is 4.79 Å². The van der Waals surface area contributed by atoms with Gasteiger partial charge in [-0.15, -0.1) is 24.0 Å². The minimum absolute atomic E-state index is 0. The van der Waals surface area contributed by atoms with Gasteiger partial charge in [0, 0.05) is 45.1 Å². The van der Waals surface area contributed by atoms with Gasteiger partial charge in [0.25, 0.3) is 0 Å². The number of nitrogens with one attached hydrogen (secondary N) is 2. The van der Waals surface area contributed by atoms with Gasteiger partial charge in [-0.25, -0.2) is 0 Å². The molecule has 0 aliphatic carbocycles. The highest BCUT2D eigenvalue weighted by Gasteiger charge is 2.28. The predicted molar refractivity (Wildman–Crippen MR) is 139 cm³/mol. The zero-order chi connectivity index (χ0) is 21.2. The van der Waals surface area contributed by atoms with E-state index in [2.05, 4.69) is 60.9 Å². The Morgan fingerprint density at radius 2 is 1.74 bits per heavy atom. The smallest absolute Gasteiger partial charge is 0.223 e. The summed E-state index contributed by atoms with van der Waals surface area (Å²) in [5, 5.41) is 6.73. The molecule has 0 aromatic heterocycles. The lowest BCUT2D eigenvalue weighted by Gasteiger charge is -2.16. The Labute approximate surface area is 203 Å². The number of amides is 1. The predicted octanol–water partition coefficient (Wildman–Crippen LogP) is 3.80. The summed E-state index contributed by atoms with van der Waals surface area (Å²) >= 11 is 0. The van der Waals surface area contributed by atoms with Crippen molar-refractivity contribution in [2.24, 2.45) is 10.9 Å². The molecule has 2 aromatic rings. The lowest BCUT2D eigenvalue weighted by Crippen LogP contribution is -2.38. The average Bonchev–Trinajstić information content (AvgIpc) is 3.12. The first-order valence-electron chi connectivity index (χ1n) is 11.0. The number of benzene rings is 2. The number of hydrogen-bond donors (Lipinski definition) is 2. The molecule has 1 aliphatic heterocycles. The molecule has 5 nitrogen and oxygen atoms in total. The lowest BCUT2D eigenvalue weighted by atomic mass is 10.1. The first-order valence-corrected chi connectivity index (χ1v) is 11.0. The second-order valence-corrected chi connectivity index (χ2v) is 8.03. The van der Waals surface area contributed by atoms with Crippen molar-refractivity contribution >= 4 is 35.8 Å². The Bertz CT molecular complexity index is 823. The van der Waals surface area contributed by atoms with Crippen LogP contribution in [0.1, 0.15) is 30.0 Å². The molecule has 2 N–H and O–H groups in total. The van der Waals surface area contributed by atoms with Crippen LogP contribution in [0.15, 0.2) is 59.6 Å². The molecule has 1 fully saturated rings. The largest absolute Gasteiger partial charge is 0.357 e. The highest BCUT2D eigenvalue weighted by atomic mass is 127. The van der Waals surface area contributed by atoms with Crippen LogP contribution >= 0.6 is 24.0 Å². The van der Waals surface area contributed by atoms with Crippen LogP contribution in [-0.2, 0) is 17.6 Å². The van der Waals surface area contributed by atoms with Gasteiger partial charge in [-0.1, -0.05) is 60.2 Å². The summed E-state index contributed by atoms with van der Waals surface area (Å²) in [6.07, 6.45) is 2.46. The fraction of sp³-hybridized carbons (Fsp3) is 0.440. The number of aliphatic imine (C=N–C) groups is 1. The molecule has 0 radical (unpaired) electrons. The van der Waals surface area contributed by atoms with Gasteiger partial charge in [0.05, 0.1) is 0 Å². The maximum atomic E-state index is 12.4. The van der Waals surface area contributed by atoms with E-state index >= 15 is 0 Å². The first-order chi connectivity index (χ1) is 14.6. The summed E-state index contributed by atoms with van der Waals surface area (Å²) in [7, 11) is 0. The standard InChI is InChI=1S/C25H34N4O.HI/c1-3-26-25(27-15-13-22-11-9-20(2)10-12-22)28-18-23-17-24(30)29(19-23)16-14-21-7-5-4-6-8-21;/h4-12,23H,3,13-19H2,1-2H3,(H2,26,27,28);1H. The van der Waals surface area contributed by atoms with E-state index in [9.17, 15) is 4.79 Å². The summed E-state index contributed by atoms with van der Waals surface area (Å²) in [6, 6.07) is 19.0. The minimum Gasteiger partial charge on any atom is -0.357 e. The van der Waals surface area contributed by atoms with E-state index in [0.29, 0.717) is 18.9 Å². The van der Waals surface area contributed by atoms with Gasteiger partial charge in [0.15, 0.2) is 5.96 Å². The van der Waals surface area contributed by atoms with Crippen LogP contribution in [0.5, 0.6) is 0 Å². The number of likely N-dealkylation sites (tertiary alicyclic amines) is 1. The van der Waals surface area contributed by atoms with Crippen LogP contribution in [0.2, 0.25) is 0 Å². The lowest BCUT2D eigenvalue weighted by molar-refractivity contribution is -0.127. The second-order valence-electron chi connectivity index (χ2n) is 8.03. The highest BCUT2D eigenvalue weighted by Crippen LogP contribution is 2.18. The quantitative estimate of drug-likeness (QED) is 0.293. The fourth-order valence-electron chi connectivity index (χ4n) is 3.74. The zero-order valence-corrected chi connectivity index (χ0v) is 21.0. The second kappa shape index (κ2) is 13.3. The van der Waals surface area contributed by atoms with Crippen molar-refractivity contribution in [3.63, 3.8) is 0 Å². The summed E-state index contributed by atoms with van der Waals surface area (Å²) < 4.78 is 0. The van der Waals surface area contributed by atoms with Gasteiger partial charge in [0.1, 0.15) is 0 Å². The molecule has 1 heterocycles. The van der Waals surface area contributed by atoms with Crippen LogP contribution < -0.4 is 10.6 Å². The number of hydrogen-bond acceptors (Lipinski definition) is 2. The molecule has 1 amide bonds. The fourth-order valence-corrected chi connectivity index (χ4v) is 3.74. The minimum atomic E-state index is 0. The summed E-state index contributed by atoms with van der Waals surface area (Å²) in [5.74, 6) is 1.38. The Morgan fingerprint density at radius 1 is 1.03 bits per heavy atom. The van der Waals surface area contributed by atoms with E-state index < -0.39 is 0 Å². The molecule has 6 heteroatoms. The van der Waals surface area contributed by atoms with Crippen LogP contribution in [0, 0.1) is 12.8 Å². The number of rotatable bonds is 9. The molecule has 0 saturated carbocycles. The van der Waals surface area contributed by atoms with Crippen molar-refractivity contribution in [3.8, 4) is 0 Å². The maximum absolute atomic E-state index is 12.4. The number of nitrogens with zero attached hydrogens (tertiary/aromatic N) is 2. The Hall–Kier alpha value is -2.09. The third kappa shape index (κ3) is 8.51. The summed E-state index contributed by atoms with van der Waals surface area (Å²) in [6.45, 7) is 8.10. The molecule has 0 spiro atoms. The van der Waals surface area contributed by atoms with E-state index in [0.717, 1.165) is 45.0 Å². The number of carbonyl (C=O) groups is 1. The van der Waals surface area contributed by atoms with Gasteiger partial charge in [-0.05, 0) is 37.8 Å². The van der Waals surface area contributed by atoms with Crippen LogP contribution in [0.3, 0.4) is 0 Å². The number of guanidine groups is 1. The van der Waals surface area contributed by atoms with E-state index in [4.69, 9.17) is 4.99 Å². The monoisotopic (exact) mass is 534 g/mol. The average molecular weight is 534 g/mol. The van der Waals surface area contributed by atoms with Gasteiger partial charge in [0.2, 0.25) is 5.91 Å². The molecule has 1 saturated heterocycles. The Morgan fingerprint density at radius 3 is 2.45 bits per heavy atom. The molecule has 1 atom stereocenters. The van der Waals surface area contributed by atoms with Gasteiger partial charge < -0.3 is 15.5 Å². The van der Waals surface area contributed by atoms with Crippen LogP contribution in [0.4, 0.5) is 0 Å². The molecule has 2 aromatic carbocycles. The molecule has 168 valence electrons. The Kier molecular flexibility index (Phi) is 10.8. The van der Waals surface area contributed by atoms with E-state index in [1.54, 1.807) is 0 Å². The van der Waals surface area contributed by atoms with Crippen molar-refractivity contribution in [1.82, 2.24) is 15.5 Å². The molecular formula is C25H35IN4O. The molecule has 0 bridgehead atoms. The third-order valence-electron chi connectivity index (χ3n) is 5.49. The van der Waals surface area contributed by atoms with Crippen LogP contribution in [0.25, 0.3) is 0 Å². The highest BCUT2D eigenvalue weighted by molar-refractivity contribution is 14.0. The van der Waals surface area contributed by atoms with E-state index in [1.807, 2.05) is 23.1 Å². The van der Waals surface area contributed by atoms with Crippen molar-refractivity contribution in [1.29, 1.82) is 0 Å². The van der Waals surface area contributed by atoms with E-state index in [1.165, 1.54) is 16.7 Å². The number of aryl methyl sites for hydroxylation is 1. The summed E-state index contributed by atoms with van der Waals surface area (Å²) in [4.78, 5) is 19.1. The Balaban J connectivity index is 0.00000341. The van der Waals surface area contributed by atoms with Gasteiger partial charge in [-0.3, -0.25) is 9.79 Å². The topological polar surface area (TPSA) is 56.7 Å². The van der Waals surface area contributed by atoms with Crippen molar-refractivity contribution in [2.45, 2.75) is 33.1 Å². The number of halogens is 1. The molecule has 1 unspecified atom stereocenters. The molecule has 31 heavy (non-hydrogen) atoms. The zero-order valence-electron chi connectivity index (χ0n) is 18.6. The molecular weight excluding hydrogens is 499 g/mol. The first kappa shape index (κ1) is 25.2.